The third-order valence-electron chi connectivity index (χ3n) is 1.46. The zero-order valence-corrected chi connectivity index (χ0v) is 7.67. The van der Waals surface area contributed by atoms with Gasteiger partial charge < -0.3 is 5.11 Å². The molecule has 0 saturated carbocycles. The molecule has 0 aromatic heterocycles. The molecule has 0 unspecified atom stereocenters. The van der Waals surface area contributed by atoms with Crippen LogP contribution in [-0.2, 0) is 4.79 Å². The van der Waals surface area contributed by atoms with Crippen molar-refractivity contribution in [3.63, 3.8) is 0 Å². The summed E-state index contributed by atoms with van der Waals surface area (Å²) in [6, 6.07) is 0. The van der Waals surface area contributed by atoms with Crippen LogP contribution in [0.5, 0.6) is 0 Å². The maximum atomic E-state index is 11.0. The second-order valence-corrected chi connectivity index (χ2v) is 4.23. The first kappa shape index (κ1) is 9.17. The lowest BCUT2D eigenvalue weighted by Gasteiger charge is -2.22. The van der Waals surface area contributed by atoms with Crippen molar-refractivity contribution in [1.29, 1.82) is 0 Å². The number of aliphatic hydroxyl groups is 1. The number of ketones is 1. The molecular weight excluding hydrogens is 210 g/mol. The smallest absolute Gasteiger partial charge is 0.234 e. The first-order chi connectivity index (χ1) is 4.95. The normalized spacial score (nSPS) is 24.1. The number of allylic oxidation sites excluding steroid dienone is 2. The summed E-state index contributed by atoms with van der Waals surface area (Å²) in [5.41, 5.74) is 0. The van der Waals surface area contributed by atoms with Gasteiger partial charge in [-0.1, -0.05) is 34.8 Å². The molecule has 0 spiro atoms. The molecule has 2 nitrogen and oxygen atoms in total. The van der Waals surface area contributed by atoms with Gasteiger partial charge in [0.1, 0.15) is 0 Å². The van der Waals surface area contributed by atoms with E-state index in [1.807, 2.05) is 0 Å². The Hall–Kier alpha value is 0.0800. The van der Waals surface area contributed by atoms with E-state index in [2.05, 4.69) is 0 Å². The molecule has 1 N–H and O–H groups in total. The van der Waals surface area contributed by atoms with Gasteiger partial charge in [-0.25, -0.2) is 0 Å². The molecule has 1 aliphatic rings. The molecule has 0 amide bonds. The first-order valence-corrected chi connectivity index (χ1v) is 4.09. The molecule has 0 aromatic carbocycles. The maximum absolute atomic E-state index is 11.0. The fourth-order valence-electron chi connectivity index (χ4n) is 0.795. The van der Waals surface area contributed by atoms with Gasteiger partial charge in [0.2, 0.25) is 5.78 Å². The lowest BCUT2D eigenvalue weighted by Crippen LogP contribution is -2.31. The number of Topliss-reactive ketones (excluding diaryl/α,β-unsaturated/α-hetero) is 1. The summed E-state index contributed by atoms with van der Waals surface area (Å²) < 4.78 is -1.50. The highest BCUT2D eigenvalue weighted by atomic mass is 35.5. The summed E-state index contributed by atoms with van der Waals surface area (Å²) in [5, 5.41) is 9.14. The monoisotopic (exact) mass is 214 g/mol. The van der Waals surface area contributed by atoms with E-state index < -0.39 is 15.9 Å². The topological polar surface area (TPSA) is 37.3 Å². The molecule has 0 bridgehead atoms. The Labute approximate surface area is 78.7 Å². The Morgan fingerprint density at radius 1 is 1.45 bits per heavy atom. The summed E-state index contributed by atoms with van der Waals surface area (Å²) in [6.07, 6.45) is 0.587. The van der Waals surface area contributed by atoms with Gasteiger partial charge in [0.25, 0.3) is 0 Å². The van der Waals surface area contributed by atoms with Crippen molar-refractivity contribution in [3.05, 3.63) is 10.8 Å². The van der Waals surface area contributed by atoms with Gasteiger partial charge in [-0.2, -0.15) is 0 Å². The minimum atomic E-state index is -1.50. The van der Waals surface area contributed by atoms with Crippen molar-refractivity contribution >= 4 is 40.6 Å². The van der Waals surface area contributed by atoms with Crippen LogP contribution in [0.15, 0.2) is 10.8 Å². The van der Waals surface area contributed by atoms with Crippen molar-refractivity contribution in [1.82, 2.24) is 0 Å². The van der Waals surface area contributed by atoms with Crippen molar-refractivity contribution in [2.75, 3.05) is 0 Å². The average Bonchev–Trinajstić information content (AvgIpc) is 1.95. The molecule has 0 heterocycles. The number of rotatable bonds is 0. The van der Waals surface area contributed by atoms with Crippen LogP contribution >= 0.6 is 34.8 Å². The maximum Gasteiger partial charge on any atom is 0.234 e. The van der Waals surface area contributed by atoms with Crippen LogP contribution in [0.25, 0.3) is 0 Å². The van der Waals surface area contributed by atoms with Gasteiger partial charge in [-0.15, -0.1) is 0 Å². The van der Waals surface area contributed by atoms with Crippen molar-refractivity contribution in [2.45, 2.75) is 17.2 Å². The fourth-order valence-corrected chi connectivity index (χ4v) is 1.34. The van der Waals surface area contributed by atoms with E-state index in [9.17, 15) is 4.79 Å². The Kier molecular flexibility index (Phi) is 2.37. The molecule has 1 rings (SSSR count). The second-order valence-electron chi connectivity index (χ2n) is 2.29. The number of halogens is 3. The molecule has 0 aliphatic heterocycles. The van der Waals surface area contributed by atoms with Gasteiger partial charge in [0.05, 0.1) is 5.03 Å². The Balaban J connectivity index is 3.00. The van der Waals surface area contributed by atoms with Crippen LogP contribution < -0.4 is 0 Å². The number of hydrogen-bond donors (Lipinski definition) is 1. The van der Waals surface area contributed by atoms with Gasteiger partial charge >= 0.3 is 0 Å². The van der Waals surface area contributed by atoms with E-state index in [0.29, 0.717) is 6.42 Å². The molecule has 0 radical (unpaired) electrons. The molecule has 0 aromatic rings. The summed E-state index contributed by atoms with van der Waals surface area (Å²) in [7, 11) is 0. The van der Waals surface area contributed by atoms with E-state index in [0.717, 1.165) is 0 Å². The second kappa shape index (κ2) is 2.85. The van der Waals surface area contributed by atoms with Crippen molar-refractivity contribution in [2.24, 2.45) is 0 Å². The third-order valence-corrected chi connectivity index (χ3v) is 2.55. The van der Waals surface area contributed by atoms with E-state index in [1.165, 1.54) is 0 Å². The summed E-state index contributed by atoms with van der Waals surface area (Å²) in [6.45, 7) is 0. The third kappa shape index (κ3) is 1.63. The number of alkyl halides is 2. The average molecular weight is 215 g/mol. The quantitative estimate of drug-likeness (QED) is 0.631. The molecule has 62 valence electrons. The molecular formula is C6H5Cl3O2. The predicted octanol–water partition coefficient (Wildman–Crippen LogP) is 2.53. The summed E-state index contributed by atoms with van der Waals surface area (Å²) >= 11 is 16.6. The lowest BCUT2D eigenvalue weighted by molar-refractivity contribution is -0.119. The van der Waals surface area contributed by atoms with Crippen LogP contribution in [0.2, 0.25) is 0 Å². The van der Waals surface area contributed by atoms with Crippen LogP contribution in [0.3, 0.4) is 0 Å². The highest BCUT2D eigenvalue weighted by Gasteiger charge is 2.40. The Morgan fingerprint density at radius 2 is 2.00 bits per heavy atom. The Bertz CT molecular complexity index is 232. The van der Waals surface area contributed by atoms with E-state index in [4.69, 9.17) is 39.9 Å². The number of hydrogen-bond acceptors (Lipinski definition) is 2. The van der Waals surface area contributed by atoms with Crippen LogP contribution in [-0.4, -0.2) is 15.2 Å². The van der Waals surface area contributed by atoms with E-state index in [-0.39, 0.29) is 11.5 Å². The van der Waals surface area contributed by atoms with Crippen LogP contribution in [0.4, 0.5) is 0 Å². The first-order valence-electron chi connectivity index (χ1n) is 2.95. The van der Waals surface area contributed by atoms with E-state index in [1.54, 1.807) is 0 Å². The van der Waals surface area contributed by atoms with Crippen LogP contribution in [0.1, 0.15) is 12.8 Å². The van der Waals surface area contributed by atoms with Gasteiger partial charge in [0.15, 0.2) is 10.1 Å². The molecule has 5 heteroatoms. The van der Waals surface area contributed by atoms with Gasteiger partial charge in [-0.3, -0.25) is 4.79 Å². The zero-order valence-electron chi connectivity index (χ0n) is 5.40. The van der Waals surface area contributed by atoms with E-state index >= 15 is 0 Å². The standard InChI is InChI=1S/C6H5Cl3O2/c7-3-1-2-6(8,9)5(11)4(3)10/h10H,1-2H2. The molecule has 0 atom stereocenters. The molecule has 0 fully saturated rings. The minimum absolute atomic E-state index is 0.131. The number of carbonyl (C=O) groups is 1. The Morgan fingerprint density at radius 3 is 2.45 bits per heavy atom. The van der Waals surface area contributed by atoms with Crippen molar-refractivity contribution in [3.8, 4) is 0 Å². The fraction of sp³-hybridized carbons (Fsp3) is 0.500. The van der Waals surface area contributed by atoms with Crippen LogP contribution in [0, 0.1) is 0 Å². The molecule has 1 aliphatic carbocycles. The SMILES string of the molecule is O=C1C(O)=C(Cl)CCC1(Cl)Cl. The molecule has 11 heavy (non-hydrogen) atoms. The van der Waals surface area contributed by atoms with Gasteiger partial charge in [-0.05, 0) is 12.8 Å². The lowest BCUT2D eigenvalue weighted by atomic mass is 10.0. The highest BCUT2D eigenvalue weighted by Crippen LogP contribution is 2.37. The van der Waals surface area contributed by atoms with Crippen molar-refractivity contribution < 1.29 is 9.90 Å². The van der Waals surface area contributed by atoms with Gasteiger partial charge in [0, 0.05) is 0 Å². The minimum Gasteiger partial charge on any atom is -0.503 e. The zero-order chi connectivity index (χ0) is 8.65. The number of carbonyl (C=O) groups excluding carboxylic acids is 1. The molecule has 0 saturated heterocycles. The predicted molar refractivity (Wildman–Crippen MR) is 44.2 cm³/mol. The number of aliphatic hydroxyl groups excluding tert-OH is 1. The summed E-state index contributed by atoms with van der Waals surface area (Å²) in [5.74, 6) is -1.22. The highest BCUT2D eigenvalue weighted by molar-refractivity contribution is 6.60. The summed E-state index contributed by atoms with van der Waals surface area (Å²) in [4.78, 5) is 11.0. The largest absolute Gasteiger partial charge is 0.503 e.